The summed E-state index contributed by atoms with van der Waals surface area (Å²) < 4.78 is 7.33. The van der Waals surface area contributed by atoms with Gasteiger partial charge in [-0.1, -0.05) is 166 Å². The first-order valence-electron chi connectivity index (χ1n) is 20.5. The molecule has 0 aliphatic rings. The van der Waals surface area contributed by atoms with Gasteiger partial charge in [-0.2, -0.15) is 0 Å². The molecule has 3 heterocycles. The third-order valence-corrected chi connectivity index (χ3v) is 12.0. The topological polar surface area (TPSA) is 14.8 Å². The number of nitrogens with zero attached hydrogens (tertiary/aromatic N) is 3. The molecule has 0 fully saturated rings. The summed E-state index contributed by atoms with van der Waals surface area (Å²) in [5.41, 5.74) is 16.8. The lowest BCUT2D eigenvalue weighted by molar-refractivity contribution is 0.590. The minimum atomic E-state index is 0.129. The maximum Gasteiger partial charge on any atom is 0.0803 e. The molecule has 0 unspecified atom stereocenters. The molecule has 11 rings (SSSR count). The molecule has 0 N–H and O–H groups in total. The smallest absolute Gasteiger partial charge is 0.0803 e. The van der Waals surface area contributed by atoms with Gasteiger partial charge >= 0.3 is 0 Å². The zero-order valence-electron chi connectivity index (χ0n) is 33.5. The van der Waals surface area contributed by atoms with Crippen LogP contribution >= 0.6 is 0 Å². The summed E-state index contributed by atoms with van der Waals surface area (Å²) in [5.74, 6) is 0. The highest BCUT2D eigenvalue weighted by Gasteiger charge is 2.23. The maximum atomic E-state index is 2.47. The van der Waals surface area contributed by atoms with E-state index in [0.717, 1.165) is 22.6 Å². The molecule has 0 spiro atoms. The van der Waals surface area contributed by atoms with Crippen molar-refractivity contribution >= 4 is 66.8 Å². The molecular weight excluding hydrogens is 715 g/mol. The number of aromatic nitrogens is 3. The lowest BCUT2D eigenvalue weighted by Gasteiger charge is -2.18. The van der Waals surface area contributed by atoms with Crippen molar-refractivity contribution < 1.29 is 0 Å². The molecule has 59 heavy (non-hydrogen) atoms. The van der Waals surface area contributed by atoms with Gasteiger partial charge in [0.25, 0.3) is 0 Å². The molecule has 0 aliphatic carbocycles. The van der Waals surface area contributed by atoms with Crippen molar-refractivity contribution in [2.24, 2.45) is 0 Å². The second kappa shape index (κ2) is 13.6. The van der Waals surface area contributed by atoms with Crippen molar-refractivity contribution in [1.29, 1.82) is 0 Å². The quantitative estimate of drug-likeness (QED) is 0.150. The lowest BCUT2D eigenvalue weighted by atomic mass is 9.87. The van der Waals surface area contributed by atoms with Crippen molar-refractivity contribution in [2.75, 3.05) is 0 Å². The summed E-state index contributed by atoms with van der Waals surface area (Å²) in [6, 6.07) is 70.9. The Kier molecular flexibility index (Phi) is 8.06. The first-order valence-corrected chi connectivity index (χ1v) is 20.5. The molecular formula is C56H43N3. The van der Waals surface area contributed by atoms with Crippen molar-refractivity contribution in [3.8, 4) is 28.2 Å². The highest BCUT2D eigenvalue weighted by Crippen LogP contribution is 2.43. The summed E-state index contributed by atoms with van der Waals surface area (Å²) in [5, 5.41) is 4.96. The summed E-state index contributed by atoms with van der Waals surface area (Å²) in [4.78, 5) is 0. The van der Waals surface area contributed by atoms with E-state index in [1.165, 1.54) is 76.9 Å². The van der Waals surface area contributed by atoms with Crippen LogP contribution in [0.1, 0.15) is 37.5 Å². The minimum Gasteiger partial charge on any atom is -0.309 e. The zero-order chi connectivity index (χ0) is 39.7. The van der Waals surface area contributed by atoms with Crippen LogP contribution < -0.4 is 0 Å². The van der Waals surface area contributed by atoms with E-state index in [-0.39, 0.29) is 5.41 Å². The number of rotatable bonds is 6. The first kappa shape index (κ1) is 34.9. The minimum absolute atomic E-state index is 0.129. The number of hydrogen-bond donors (Lipinski definition) is 0. The van der Waals surface area contributed by atoms with Gasteiger partial charge in [-0.15, -0.1) is 0 Å². The average Bonchev–Trinajstić information content (AvgIpc) is 3.91. The predicted octanol–water partition coefficient (Wildman–Crippen LogP) is 15.0. The highest BCUT2D eigenvalue weighted by atomic mass is 15.1. The van der Waals surface area contributed by atoms with Gasteiger partial charge < -0.3 is 13.7 Å². The summed E-state index contributed by atoms with van der Waals surface area (Å²) in [7, 11) is 0. The normalized spacial score (nSPS) is 12.3. The molecule has 0 amide bonds. The maximum absolute atomic E-state index is 2.47. The van der Waals surface area contributed by atoms with Gasteiger partial charge in [0.2, 0.25) is 0 Å². The zero-order valence-corrected chi connectivity index (χ0v) is 33.5. The molecule has 0 saturated carbocycles. The van der Waals surface area contributed by atoms with Crippen LogP contribution in [-0.2, 0) is 5.41 Å². The fourth-order valence-electron chi connectivity index (χ4n) is 9.09. The van der Waals surface area contributed by atoms with Crippen LogP contribution in [0, 0.1) is 0 Å². The number of hydrogen-bond acceptors (Lipinski definition) is 0. The number of fused-ring (bicyclic) bond motifs is 8. The van der Waals surface area contributed by atoms with Gasteiger partial charge in [0, 0.05) is 38.6 Å². The van der Waals surface area contributed by atoms with Crippen molar-refractivity contribution in [3.63, 3.8) is 0 Å². The van der Waals surface area contributed by atoms with E-state index in [4.69, 9.17) is 0 Å². The van der Waals surface area contributed by atoms with Crippen LogP contribution in [0.4, 0.5) is 0 Å². The number of para-hydroxylation sites is 4. The number of benzene rings is 8. The van der Waals surface area contributed by atoms with Gasteiger partial charge in [-0.05, 0) is 93.9 Å². The molecule has 0 aliphatic heterocycles. The molecule has 0 bridgehead atoms. The van der Waals surface area contributed by atoms with E-state index in [9.17, 15) is 0 Å². The monoisotopic (exact) mass is 757 g/mol. The largest absolute Gasteiger partial charge is 0.309 e. The Morgan fingerprint density at radius 2 is 0.831 bits per heavy atom. The van der Waals surface area contributed by atoms with Gasteiger partial charge in [-0.25, -0.2) is 0 Å². The predicted molar refractivity (Wildman–Crippen MR) is 251 cm³/mol. The Bertz CT molecular complexity index is 3330. The Morgan fingerprint density at radius 1 is 0.339 bits per heavy atom. The molecule has 0 saturated heterocycles. The standard InChI is InChI=1S/C56H43N3/c1-56(2,3)42-31-27-38(28-32-42)25-26-39-29-33-48-52(35-39)58(43-16-6-4-7-17-43)55-49-34-30-41(37-53(49)59(54(48)55)44-18-8-5-9-19-44)40-15-14-20-45(36-40)57-50-23-12-10-21-46(50)47-22-11-13-24-51(47)57/h4-37H,1-3H3/b26-25+. The Hall–Kier alpha value is -7.36. The molecule has 11 aromatic rings. The van der Waals surface area contributed by atoms with Crippen molar-refractivity contribution in [2.45, 2.75) is 26.2 Å². The van der Waals surface area contributed by atoms with Gasteiger partial charge in [0.15, 0.2) is 0 Å². The van der Waals surface area contributed by atoms with E-state index in [1.807, 2.05) is 0 Å². The fraction of sp³-hybridized carbons (Fsp3) is 0.0714. The Labute approximate surface area is 344 Å². The fourth-order valence-corrected chi connectivity index (χ4v) is 9.09. The third-order valence-electron chi connectivity index (χ3n) is 12.0. The van der Waals surface area contributed by atoms with E-state index in [2.05, 4.69) is 241 Å². The van der Waals surface area contributed by atoms with E-state index >= 15 is 0 Å². The lowest BCUT2D eigenvalue weighted by Crippen LogP contribution is -2.10. The molecule has 0 radical (unpaired) electrons. The Balaban J connectivity index is 1.11. The molecule has 282 valence electrons. The highest BCUT2D eigenvalue weighted by molar-refractivity contribution is 6.20. The van der Waals surface area contributed by atoms with Crippen molar-refractivity contribution in [3.05, 3.63) is 211 Å². The van der Waals surface area contributed by atoms with E-state index < -0.39 is 0 Å². The molecule has 3 heteroatoms. The summed E-state index contributed by atoms with van der Waals surface area (Å²) in [6.45, 7) is 6.78. The summed E-state index contributed by atoms with van der Waals surface area (Å²) in [6.07, 6.45) is 4.46. The van der Waals surface area contributed by atoms with Gasteiger partial charge in [0.1, 0.15) is 0 Å². The molecule has 3 nitrogen and oxygen atoms in total. The summed E-state index contributed by atoms with van der Waals surface area (Å²) >= 11 is 0. The van der Waals surface area contributed by atoms with Crippen LogP contribution in [0.2, 0.25) is 0 Å². The molecule has 3 aromatic heterocycles. The van der Waals surface area contributed by atoms with E-state index in [0.29, 0.717) is 0 Å². The molecule has 8 aromatic carbocycles. The van der Waals surface area contributed by atoms with Gasteiger partial charge in [-0.3, -0.25) is 0 Å². The van der Waals surface area contributed by atoms with Crippen LogP contribution in [0.5, 0.6) is 0 Å². The van der Waals surface area contributed by atoms with E-state index in [1.54, 1.807) is 0 Å². The van der Waals surface area contributed by atoms with Gasteiger partial charge in [0.05, 0.1) is 33.1 Å². The van der Waals surface area contributed by atoms with Crippen LogP contribution in [0.25, 0.3) is 95.0 Å². The average molecular weight is 758 g/mol. The Morgan fingerprint density at radius 3 is 1.44 bits per heavy atom. The third kappa shape index (κ3) is 5.81. The van der Waals surface area contributed by atoms with Crippen molar-refractivity contribution in [1.82, 2.24) is 13.7 Å². The van der Waals surface area contributed by atoms with Crippen LogP contribution in [0.15, 0.2) is 194 Å². The SMILES string of the molecule is CC(C)(C)c1ccc(/C=C/c2ccc3c(c2)n(-c2ccccc2)c2c4ccc(-c5cccc(-n6c7ccccc7c7ccccc76)c5)cc4n(-c4ccccc4)c32)cc1. The first-order chi connectivity index (χ1) is 28.9. The van der Waals surface area contributed by atoms with Crippen LogP contribution in [-0.4, -0.2) is 13.7 Å². The van der Waals surface area contributed by atoms with Crippen LogP contribution in [0.3, 0.4) is 0 Å². The second-order valence-electron chi connectivity index (χ2n) is 16.7. The molecule has 0 atom stereocenters. The second-order valence-corrected chi connectivity index (χ2v) is 16.7.